The summed E-state index contributed by atoms with van der Waals surface area (Å²) in [4.78, 5) is 22.2. The molecule has 0 spiro atoms. The minimum atomic E-state index is -0.155. The first-order valence-corrected chi connectivity index (χ1v) is 10.7. The minimum Gasteiger partial charge on any atom is -0.496 e. The van der Waals surface area contributed by atoms with Crippen LogP contribution >= 0.6 is 22.9 Å². The molecule has 0 bridgehead atoms. The Morgan fingerprint density at radius 1 is 1.14 bits per heavy atom. The van der Waals surface area contributed by atoms with Crippen LogP contribution in [0.1, 0.15) is 27.9 Å². The maximum absolute atomic E-state index is 13.5. The summed E-state index contributed by atoms with van der Waals surface area (Å²) in [7, 11) is 5.61. The summed E-state index contributed by atoms with van der Waals surface area (Å²) in [5.41, 5.74) is 3.66. The van der Waals surface area contributed by atoms with Crippen LogP contribution in [0, 0.1) is 13.8 Å². The van der Waals surface area contributed by atoms with Crippen molar-refractivity contribution in [2.24, 2.45) is 0 Å². The SMILES string of the molecule is COc1ccc(Cl)cc1C(=O)N(CCCN(C)C)c1nc2c(C)ccc(C)c2s1. The van der Waals surface area contributed by atoms with Crippen molar-refractivity contribution in [2.45, 2.75) is 20.3 Å². The summed E-state index contributed by atoms with van der Waals surface area (Å²) in [5, 5.41) is 1.20. The van der Waals surface area contributed by atoms with Gasteiger partial charge in [-0.2, -0.15) is 0 Å². The number of amides is 1. The highest BCUT2D eigenvalue weighted by Gasteiger charge is 2.25. The monoisotopic (exact) mass is 431 g/mol. The fourth-order valence-corrected chi connectivity index (χ4v) is 4.49. The lowest BCUT2D eigenvalue weighted by molar-refractivity contribution is 0.0983. The fraction of sp³-hybridized carbons (Fsp3) is 0.364. The molecule has 0 radical (unpaired) electrons. The van der Waals surface area contributed by atoms with Gasteiger partial charge in [-0.3, -0.25) is 9.69 Å². The number of anilines is 1. The van der Waals surface area contributed by atoms with Crippen molar-refractivity contribution in [1.29, 1.82) is 0 Å². The number of hydrogen-bond donors (Lipinski definition) is 0. The molecule has 5 nitrogen and oxygen atoms in total. The average Bonchev–Trinajstić information content (AvgIpc) is 3.14. The number of ether oxygens (including phenoxy) is 1. The first kappa shape index (κ1) is 21.6. The molecule has 0 saturated carbocycles. The van der Waals surface area contributed by atoms with Crippen molar-refractivity contribution in [3.8, 4) is 5.75 Å². The normalized spacial score (nSPS) is 11.3. The van der Waals surface area contributed by atoms with E-state index in [2.05, 4.69) is 24.0 Å². The van der Waals surface area contributed by atoms with Crippen LogP contribution < -0.4 is 9.64 Å². The van der Waals surface area contributed by atoms with Gasteiger partial charge in [-0.15, -0.1) is 0 Å². The largest absolute Gasteiger partial charge is 0.496 e. The number of thiazole rings is 1. The van der Waals surface area contributed by atoms with E-state index in [1.54, 1.807) is 41.5 Å². The molecule has 0 N–H and O–H groups in total. The Balaban J connectivity index is 2.05. The van der Waals surface area contributed by atoms with Gasteiger partial charge in [0.1, 0.15) is 5.75 Å². The predicted molar refractivity (Wildman–Crippen MR) is 122 cm³/mol. The van der Waals surface area contributed by atoms with Gasteiger partial charge in [0.15, 0.2) is 5.13 Å². The Morgan fingerprint density at radius 3 is 2.52 bits per heavy atom. The number of benzene rings is 2. The van der Waals surface area contributed by atoms with Crippen molar-refractivity contribution in [3.05, 3.63) is 52.0 Å². The van der Waals surface area contributed by atoms with Gasteiger partial charge in [0, 0.05) is 11.6 Å². The molecule has 0 atom stereocenters. The second-order valence-corrected chi connectivity index (χ2v) is 8.75. The predicted octanol–water partition coefficient (Wildman–Crippen LogP) is 5.17. The maximum Gasteiger partial charge on any atom is 0.263 e. The molecular formula is C22H26ClN3O2S. The third-order valence-corrected chi connectivity index (χ3v) is 6.23. The van der Waals surface area contributed by atoms with Gasteiger partial charge in [-0.05, 0) is 70.2 Å². The highest BCUT2D eigenvalue weighted by atomic mass is 35.5. The van der Waals surface area contributed by atoms with Gasteiger partial charge in [0.05, 0.1) is 22.9 Å². The molecule has 0 aliphatic rings. The topological polar surface area (TPSA) is 45.7 Å². The number of aryl methyl sites for hydroxylation is 2. The zero-order valence-corrected chi connectivity index (χ0v) is 19.0. The maximum atomic E-state index is 13.5. The number of methoxy groups -OCH3 is 1. The second-order valence-electron chi connectivity index (χ2n) is 7.33. The van der Waals surface area contributed by atoms with Crippen molar-refractivity contribution < 1.29 is 9.53 Å². The summed E-state index contributed by atoms with van der Waals surface area (Å²) in [6.07, 6.45) is 0.829. The molecule has 3 aromatic rings. The van der Waals surface area contributed by atoms with Crippen molar-refractivity contribution in [2.75, 3.05) is 39.2 Å². The van der Waals surface area contributed by atoms with Crippen molar-refractivity contribution in [1.82, 2.24) is 9.88 Å². The molecule has 29 heavy (non-hydrogen) atoms. The number of carbonyl (C=O) groups is 1. The quantitative estimate of drug-likeness (QED) is 0.517. The summed E-state index contributed by atoms with van der Waals surface area (Å²) in [5.74, 6) is 0.350. The van der Waals surface area contributed by atoms with Crippen LogP contribution in [0.15, 0.2) is 30.3 Å². The van der Waals surface area contributed by atoms with Crippen LogP contribution in [0.2, 0.25) is 5.02 Å². The summed E-state index contributed by atoms with van der Waals surface area (Å²) >= 11 is 7.73. The van der Waals surface area contributed by atoms with Crippen LogP contribution in [-0.2, 0) is 0 Å². The highest BCUT2D eigenvalue weighted by Crippen LogP contribution is 2.35. The van der Waals surface area contributed by atoms with Gasteiger partial charge in [0.25, 0.3) is 5.91 Å². The highest BCUT2D eigenvalue weighted by molar-refractivity contribution is 7.22. The molecule has 3 rings (SSSR count). The van der Waals surface area contributed by atoms with E-state index < -0.39 is 0 Å². The van der Waals surface area contributed by atoms with E-state index in [4.69, 9.17) is 21.3 Å². The lowest BCUT2D eigenvalue weighted by Gasteiger charge is -2.22. The Labute approximate surface area is 180 Å². The molecule has 0 fully saturated rings. The van der Waals surface area contributed by atoms with E-state index in [1.807, 2.05) is 21.0 Å². The van der Waals surface area contributed by atoms with Gasteiger partial charge < -0.3 is 9.64 Å². The van der Waals surface area contributed by atoms with E-state index in [1.165, 1.54) is 0 Å². The summed E-state index contributed by atoms with van der Waals surface area (Å²) in [6.45, 7) is 5.55. The van der Waals surface area contributed by atoms with Crippen molar-refractivity contribution >= 4 is 44.2 Å². The second kappa shape index (κ2) is 9.11. The zero-order valence-electron chi connectivity index (χ0n) is 17.5. The Morgan fingerprint density at radius 2 is 1.86 bits per heavy atom. The molecule has 0 aliphatic heterocycles. The molecule has 0 unspecified atom stereocenters. The Kier molecular flexibility index (Phi) is 6.77. The fourth-order valence-electron chi connectivity index (χ4n) is 3.19. The number of rotatable bonds is 7. The van der Waals surface area contributed by atoms with E-state index in [9.17, 15) is 4.79 Å². The molecule has 0 aliphatic carbocycles. The van der Waals surface area contributed by atoms with Crippen LogP contribution in [-0.4, -0.2) is 50.1 Å². The molecule has 2 aromatic carbocycles. The lowest BCUT2D eigenvalue weighted by atomic mass is 10.1. The average molecular weight is 432 g/mol. The lowest BCUT2D eigenvalue weighted by Crippen LogP contribution is -2.33. The molecule has 154 valence electrons. The zero-order chi connectivity index (χ0) is 21.1. The van der Waals surface area contributed by atoms with Gasteiger partial charge in [-0.25, -0.2) is 4.98 Å². The summed E-state index contributed by atoms with van der Waals surface area (Å²) in [6, 6.07) is 9.26. The van der Waals surface area contributed by atoms with E-state index >= 15 is 0 Å². The number of carbonyl (C=O) groups excluding carboxylic acids is 1. The Hall–Kier alpha value is -2.15. The van der Waals surface area contributed by atoms with Gasteiger partial charge >= 0.3 is 0 Å². The molecule has 1 aromatic heterocycles. The first-order chi connectivity index (χ1) is 13.8. The number of hydrogen-bond acceptors (Lipinski definition) is 5. The molecular weight excluding hydrogens is 406 g/mol. The number of aromatic nitrogens is 1. The van der Waals surface area contributed by atoms with Gasteiger partial charge in [0.2, 0.25) is 0 Å². The minimum absolute atomic E-state index is 0.155. The van der Waals surface area contributed by atoms with E-state index in [-0.39, 0.29) is 5.91 Å². The number of nitrogens with zero attached hydrogens (tertiary/aromatic N) is 3. The van der Waals surface area contributed by atoms with Crippen LogP contribution in [0.3, 0.4) is 0 Å². The van der Waals surface area contributed by atoms with Gasteiger partial charge in [-0.1, -0.05) is 35.1 Å². The molecule has 1 amide bonds. The standard InChI is InChI=1S/C22H26ClN3O2S/c1-14-7-8-15(2)20-19(14)24-22(29-20)26(12-6-11-25(3)4)21(27)17-13-16(23)9-10-18(17)28-5/h7-10,13H,6,11-12H2,1-5H3. The molecule has 0 saturated heterocycles. The van der Waals surface area contributed by atoms with Crippen LogP contribution in [0.5, 0.6) is 5.75 Å². The third-order valence-electron chi connectivity index (χ3n) is 4.79. The van der Waals surface area contributed by atoms with E-state index in [0.717, 1.165) is 34.3 Å². The van der Waals surface area contributed by atoms with Crippen molar-refractivity contribution in [3.63, 3.8) is 0 Å². The first-order valence-electron chi connectivity index (χ1n) is 9.48. The molecule has 1 heterocycles. The number of halogens is 1. The smallest absolute Gasteiger partial charge is 0.263 e. The van der Waals surface area contributed by atoms with E-state index in [0.29, 0.717) is 28.0 Å². The Bertz CT molecular complexity index is 993. The van der Waals surface area contributed by atoms with Crippen LogP contribution in [0.25, 0.3) is 10.2 Å². The van der Waals surface area contributed by atoms with Crippen LogP contribution in [0.4, 0.5) is 5.13 Å². The third kappa shape index (κ3) is 4.71. The number of fused-ring (bicyclic) bond motifs is 1. The summed E-state index contributed by atoms with van der Waals surface area (Å²) < 4.78 is 6.53. The molecule has 7 heteroatoms.